The van der Waals surface area contributed by atoms with Crippen LogP contribution in [0.15, 0.2) is 59.6 Å². The van der Waals surface area contributed by atoms with Crippen molar-refractivity contribution < 1.29 is 19.2 Å². The zero-order valence-corrected chi connectivity index (χ0v) is 40.9. The molecule has 1 unspecified atom stereocenters. The molecule has 67 heavy (non-hydrogen) atoms. The number of aliphatic imine (C=N–C) groups is 1. The number of aromatic nitrogens is 5. The summed E-state index contributed by atoms with van der Waals surface area (Å²) in [5.41, 5.74) is 5.36. The van der Waals surface area contributed by atoms with Crippen molar-refractivity contribution in [3.63, 3.8) is 0 Å². The summed E-state index contributed by atoms with van der Waals surface area (Å²) >= 11 is 9.09. The maximum absolute atomic E-state index is 14.5. The number of rotatable bonds is 13. The Hall–Kier alpha value is -5.36. The number of aryl methyl sites for hydroxylation is 2. The van der Waals surface area contributed by atoms with Crippen LogP contribution in [0, 0.1) is 32.6 Å². The first-order chi connectivity index (χ1) is 32.4. The van der Waals surface area contributed by atoms with Crippen LogP contribution in [0.4, 0.5) is 5.00 Å². The first-order valence-electron chi connectivity index (χ1n) is 23.6. The van der Waals surface area contributed by atoms with Crippen molar-refractivity contribution in [2.75, 3.05) is 31.5 Å². The number of piperidine rings is 1. The van der Waals surface area contributed by atoms with E-state index in [1.165, 1.54) is 4.88 Å². The molecule has 4 atom stereocenters. The van der Waals surface area contributed by atoms with Crippen LogP contribution < -0.4 is 16.0 Å². The van der Waals surface area contributed by atoms with E-state index in [9.17, 15) is 19.2 Å². The lowest BCUT2D eigenvalue weighted by atomic mass is 9.83. The lowest BCUT2D eigenvalue weighted by Crippen LogP contribution is -2.58. The summed E-state index contributed by atoms with van der Waals surface area (Å²) in [5, 5.41) is 25.1. The van der Waals surface area contributed by atoms with Crippen molar-refractivity contribution in [3.05, 3.63) is 92.8 Å². The largest absolute Gasteiger partial charge is 0.343 e. The first kappa shape index (κ1) is 46.7. The van der Waals surface area contributed by atoms with Crippen LogP contribution in [0.3, 0.4) is 0 Å². The average Bonchev–Trinajstić information content (AvgIpc) is 4.15. The third-order valence-electron chi connectivity index (χ3n) is 14.1. The number of halogens is 1. The van der Waals surface area contributed by atoms with Crippen molar-refractivity contribution in [2.45, 2.75) is 116 Å². The highest BCUT2D eigenvalue weighted by atomic mass is 35.5. The minimum Gasteiger partial charge on any atom is -0.343 e. The molecular weight excluding hydrogens is 906 g/mol. The number of nitrogens with zero attached hydrogens (tertiary/aromatic N) is 8. The maximum atomic E-state index is 14.5. The Labute approximate surface area is 404 Å². The zero-order chi connectivity index (χ0) is 46.8. The van der Waals surface area contributed by atoms with Gasteiger partial charge >= 0.3 is 0 Å². The topological polar surface area (TPSA) is 180 Å². The lowest BCUT2D eigenvalue weighted by Gasteiger charge is -2.35. The minimum absolute atomic E-state index is 0.00629. The molecule has 9 rings (SSSR count). The van der Waals surface area contributed by atoms with Gasteiger partial charge in [0.15, 0.2) is 5.82 Å². The molecule has 6 heterocycles. The molecule has 0 spiro atoms. The van der Waals surface area contributed by atoms with Gasteiger partial charge in [-0.3, -0.25) is 28.7 Å². The van der Waals surface area contributed by atoms with Crippen molar-refractivity contribution in [3.8, 4) is 16.3 Å². The van der Waals surface area contributed by atoms with Crippen LogP contribution in [-0.2, 0) is 19.2 Å². The smallest absolute Gasteiger partial charge is 0.247 e. The normalized spacial score (nSPS) is 19.8. The number of nitrogens with one attached hydrogen (secondary N) is 3. The van der Waals surface area contributed by atoms with E-state index in [-0.39, 0.29) is 41.9 Å². The number of likely N-dealkylation sites (tertiary alicyclic amines) is 2. The molecule has 15 nitrogen and oxygen atoms in total. The highest BCUT2D eigenvalue weighted by Crippen LogP contribution is 2.40. The molecule has 352 valence electrons. The van der Waals surface area contributed by atoms with Crippen LogP contribution in [0.25, 0.3) is 16.3 Å². The second-order valence-electron chi connectivity index (χ2n) is 18.4. The highest BCUT2D eigenvalue weighted by Gasteiger charge is 2.42. The van der Waals surface area contributed by atoms with Gasteiger partial charge in [0.25, 0.3) is 0 Å². The molecule has 3 aliphatic heterocycles. The monoisotopic (exact) mass is 963 g/mol. The van der Waals surface area contributed by atoms with E-state index in [2.05, 4.69) is 54.1 Å². The molecule has 18 heteroatoms. The van der Waals surface area contributed by atoms with Gasteiger partial charge in [0, 0.05) is 57.8 Å². The molecular formula is C49H58ClN11O4S2. The summed E-state index contributed by atoms with van der Waals surface area (Å²) in [6.07, 6.45) is 7.76. The van der Waals surface area contributed by atoms with Gasteiger partial charge in [-0.2, -0.15) is 0 Å². The molecule has 2 aromatic carbocycles. The molecule has 1 saturated carbocycles. The Balaban J connectivity index is 0.808. The summed E-state index contributed by atoms with van der Waals surface area (Å²) in [6, 6.07) is 14.8. The average molecular weight is 965 g/mol. The zero-order valence-electron chi connectivity index (χ0n) is 38.5. The predicted molar refractivity (Wildman–Crippen MR) is 262 cm³/mol. The van der Waals surface area contributed by atoms with Gasteiger partial charge in [-0.15, -0.1) is 26.6 Å². The Morgan fingerprint density at radius 3 is 2.34 bits per heavy atom. The first-order valence-corrected chi connectivity index (χ1v) is 25.6. The quantitative estimate of drug-likeness (QED) is 0.107. The summed E-state index contributed by atoms with van der Waals surface area (Å²) in [6.45, 7) is 10.2. The summed E-state index contributed by atoms with van der Waals surface area (Å²) < 4.78 is 6.16. The van der Waals surface area contributed by atoms with Gasteiger partial charge in [-0.1, -0.05) is 77.8 Å². The molecule has 0 radical (unpaired) electrons. The van der Waals surface area contributed by atoms with Crippen LogP contribution >= 0.6 is 34.5 Å². The lowest BCUT2D eigenvalue weighted by molar-refractivity contribution is -0.142. The van der Waals surface area contributed by atoms with E-state index in [1.54, 1.807) is 16.2 Å². The van der Waals surface area contributed by atoms with Crippen molar-refractivity contribution in [2.24, 2.45) is 16.8 Å². The van der Waals surface area contributed by atoms with Gasteiger partial charge in [-0.05, 0) is 102 Å². The van der Waals surface area contributed by atoms with Crippen molar-refractivity contribution in [1.82, 2.24) is 44.8 Å². The van der Waals surface area contributed by atoms with E-state index >= 15 is 0 Å². The van der Waals surface area contributed by atoms with E-state index in [0.717, 1.165) is 95.3 Å². The molecule has 3 aromatic heterocycles. The Morgan fingerprint density at radius 1 is 0.851 bits per heavy atom. The third kappa shape index (κ3) is 9.97. The predicted octanol–water partition coefficient (Wildman–Crippen LogP) is 7.62. The highest BCUT2D eigenvalue weighted by molar-refractivity contribution is 7.15. The van der Waals surface area contributed by atoms with E-state index in [4.69, 9.17) is 16.6 Å². The summed E-state index contributed by atoms with van der Waals surface area (Å²) in [5.74, 6) is 0.979. The maximum Gasteiger partial charge on any atom is 0.247 e. The van der Waals surface area contributed by atoms with Gasteiger partial charge in [0.2, 0.25) is 23.6 Å². The number of carbonyl (C=O) groups excluding carboxylic acids is 4. The van der Waals surface area contributed by atoms with Crippen LogP contribution in [0.2, 0.25) is 5.02 Å². The molecule has 5 aromatic rings. The van der Waals surface area contributed by atoms with Crippen molar-refractivity contribution >= 4 is 68.8 Å². The molecule has 1 aliphatic carbocycles. The number of anilines is 1. The number of hydrogen-bond acceptors (Lipinski definition) is 12. The number of benzene rings is 2. The van der Waals surface area contributed by atoms with Gasteiger partial charge in [0.05, 0.1) is 18.2 Å². The fraction of sp³-hybridized carbons (Fsp3) is 0.490. The standard InChI is InChI=1S/C49H58ClN11O4S2/c1-28-30(3)66-49-40(28)41(35-17-19-36(50)20-18-35)52-37(44-57-55-31(4)61(44)49)26-39(62)59-24-21-32(22-25-59)27-51-29(2)45(63)53-43(34-14-9-6-10-15-34)48(65)60-23-11-16-38(60)46(64)54-47-42(56-58-67-47)33-12-7-5-8-13-33/h5,7-8,12-13,17-20,29,32,34,37-38,43,51H,6,9-11,14-16,21-27H2,1-4H3,(H,53,63)(H,54,64)/t29-,37-,38-,43?/m0/s1. The summed E-state index contributed by atoms with van der Waals surface area (Å²) in [7, 11) is 0. The van der Waals surface area contributed by atoms with Gasteiger partial charge in [0.1, 0.15) is 39.6 Å². The van der Waals surface area contributed by atoms with Gasteiger partial charge < -0.3 is 25.8 Å². The van der Waals surface area contributed by atoms with Crippen LogP contribution in [0.5, 0.6) is 0 Å². The van der Waals surface area contributed by atoms with E-state index in [0.29, 0.717) is 60.6 Å². The number of hydrogen-bond donors (Lipinski definition) is 3. The van der Waals surface area contributed by atoms with E-state index in [1.807, 2.05) is 73.3 Å². The fourth-order valence-electron chi connectivity index (χ4n) is 10.1. The third-order valence-corrected chi connectivity index (χ3v) is 16.2. The molecule has 4 amide bonds. The Morgan fingerprint density at radius 2 is 1.60 bits per heavy atom. The number of fused-ring (bicyclic) bond motifs is 3. The molecule has 0 bridgehead atoms. The second-order valence-corrected chi connectivity index (χ2v) is 20.8. The van der Waals surface area contributed by atoms with E-state index < -0.39 is 24.2 Å². The number of thiophene rings is 1. The van der Waals surface area contributed by atoms with Crippen LogP contribution in [-0.4, -0.2) is 108 Å². The number of carbonyl (C=O) groups is 4. The minimum atomic E-state index is -0.720. The Bertz CT molecular complexity index is 2630. The molecule has 3 N–H and O–H groups in total. The van der Waals surface area contributed by atoms with Crippen molar-refractivity contribution in [1.29, 1.82) is 0 Å². The SMILES string of the molecule is Cc1sc2c(c1C)C(c1ccc(Cl)cc1)=N[C@@H](CC(=O)N1CCC(CN[C@@H](C)C(=O)NC(C(=O)N3CCC[C@H]3C(=O)Nc3snnc3-c3ccccc3)C3CCCCC3)CC1)c1nnc(C)n1-2. The Kier molecular flexibility index (Phi) is 14.3. The van der Waals surface area contributed by atoms with Crippen LogP contribution in [0.1, 0.15) is 110 Å². The fourth-order valence-corrected chi connectivity index (χ4v) is 12.0. The molecule has 4 aliphatic rings. The molecule has 3 fully saturated rings. The number of amides is 4. The molecule has 2 saturated heterocycles. The second kappa shape index (κ2) is 20.5. The van der Waals surface area contributed by atoms with Gasteiger partial charge in [-0.25, -0.2) is 0 Å². The summed E-state index contributed by atoms with van der Waals surface area (Å²) in [4.78, 5) is 66.4.